The van der Waals surface area contributed by atoms with Crippen LogP contribution in [-0.2, 0) is 29.5 Å². The van der Waals surface area contributed by atoms with E-state index < -0.39 is 10.0 Å². The molecule has 3 aromatic rings. The van der Waals surface area contributed by atoms with Gasteiger partial charge in [0.25, 0.3) is 5.91 Å². The second-order valence-electron chi connectivity index (χ2n) is 6.93. The Kier molecular flexibility index (Phi) is 5.51. The Morgan fingerprint density at radius 1 is 1.23 bits per heavy atom. The van der Waals surface area contributed by atoms with E-state index in [1.54, 1.807) is 35.3 Å². The van der Waals surface area contributed by atoms with Gasteiger partial charge in [-0.05, 0) is 35.9 Å². The van der Waals surface area contributed by atoms with Crippen LogP contribution in [0.3, 0.4) is 0 Å². The van der Waals surface area contributed by atoms with Gasteiger partial charge in [0.1, 0.15) is 5.75 Å². The highest BCUT2D eigenvalue weighted by atomic mass is 32.2. The van der Waals surface area contributed by atoms with Crippen molar-refractivity contribution in [1.29, 1.82) is 0 Å². The van der Waals surface area contributed by atoms with Crippen molar-refractivity contribution in [2.24, 2.45) is 0 Å². The first kappa shape index (κ1) is 20.0. The topological polar surface area (TPSA) is 115 Å². The molecule has 0 spiro atoms. The van der Waals surface area contributed by atoms with Crippen molar-refractivity contribution in [2.45, 2.75) is 30.4 Å². The monoisotopic (exact) mass is 427 g/mol. The van der Waals surface area contributed by atoms with Crippen molar-refractivity contribution in [2.75, 3.05) is 7.11 Å². The van der Waals surface area contributed by atoms with Crippen LogP contribution in [0.1, 0.15) is 21.6 Å². The molecule has 1 amide bonds. The molecule has 0 bridgehead atoms. The Bertz CT molecular complexity index is 1140. The van der Waals surface area contributed by atoms with Crippen molar-refractivity contribution in [3.8, 4) is 5.75 Å². The van der Waals surface area contributed by atoms with E-state index >= 15 is 0 Å². The average molecular weight is 427 g/mol. The zero-order chi connectivity index (χ0) is 21.1. The van der Waals surface area contributed by atoms with E-state index in [2.05, 4.69) is 20.1 Å². The number of nitrogens with zero attached hydrogens (tertiary/aromatic N) is 3. The number of benzene rings is 1. The zero-order valence-corrected chi connectivity index (χ0v) is 17.1. The molecule has 0 saturated heterocycles. The maximum atomic E-state index is 12.7. The fourth-order valence-electron chi connectivity index (χ4n) is 3.38. The van der Waals surface area contributed by atoms with Gasteiger partial charge in [-0.2, -0.15) is 5.10 Å². The molecule has 4 rings (SSSR count). The first-order chi connectivity index (χ1) is 14.5. The molecule has 0 radical (unpaired) electrons. The van der Waals surface area contributed by atoms with Gasteiger partial charge in [0.15, 0.2) is 0 Å². The highest BCUT2D eigenvalue weighted by molar-refractivity contribution is 7.89. The highest BCUT2D eigenvalue weighted by Crippen LogP contribution is 2.22. The summed E-state index contributed by atoms with van der Waals surface area (Å²) in [5.41, 5.74) is 2.05. The maximum absolute atomic E-state index is 12.7. The maximum Gasteiger partial charge on any atom is 0.255 e. The number of hydrogen-bond donors (Lipinski definition) is 2. The minimum atomic E-state index is -3.70. The summed E-state index contributed by atoms with van der Waals surface area (Å²) in [6.45, 7) is 0.714. The second-order valence-corrected chi connectivity index (χ2v) is 8.64. The number of hydrogen-bond acceptors (Lipinski definition) is 6. The largest absolute Gasteiger partial charge is 0.497 e. The minimum Gasteiger partial charge on any atom is -0.497 e. The van der Waals surface area contributed by atoms with E-state index in [1.165, 1.54) is 25.4 Å². The molecule has 1 atom stereocenters. The lowest BCUT2D eigenvalue weighted by molar-refractivity contribution is 0.0950. The van der Waals surface area contributed by atoms with Crippen LogP contribution in [0.2, 0.25) is 0 Å². The summed E-state index contributed by atoms with van der Waals surface area (Å²) in [4.78, 5) is 16.8. The zero-order valence-electron chi connectivity index (χ0n) is 16.3. The van der Waals surface area contributed by atoms with Gasteiger partial charge >= 0.3 is 0 Å². The number of nitrogens with one attached hydrogen (secondary N) is 2. The molecule has 10 heteroatoms. The van der Waals surface area contributed by atoms with Crippen molar-refractivity contribution in [3.63, 3.8) is 0 Å². The number of carbonyl (C=O) groups is 1. The smallest absolute Gasteiger partial charge is 0.255 e. The molecular weight excluding hydrogens is 406 g/mol. The molecule has 1 unspecified atom stereocenters. The standard InChI is InChI=1S/C20H21N5O4S/c1-29-16-4-6-17(7-5-16)30(27,28)24-15-9-19-18(12-23-25(19)13-15)20(26)22-11-14-3-2-8-21-10-14/h2-8,10,12,15,24H,9,11,13H2,1H3,(H,22,26). The Hall–Kier alpha value is -3.24. The highest BCUT2D eigenvalue weighted by Gasteiger charge is 2.31. The third-order valence-corrected chi connectivity index (χ3v) is 6.43. The van der Waals surface area contributed by atoms with E-state index in [1.807, 2.05) is 6.07 Å². The number of methoxy groups -OCH3 is 1. The first-order valence-electron chi connectivity index (χ1n) is 9.34. The molecule has 0 aliphatic carbocycles. The van der Waals surface area contributed by atoms with Gasteiger partial charge in [-0.3, -0.25) is 14.5 Å². The van der Waals surface area contributed by atoms with Crippen LogP contribution < -0.4 is 14.8 Å². The molecule has 30 heavy (non-hydrogen) atoms. The molecule has 3 heterocycles. The summed E-state index contributed by atoms with van der Waals surface area (Å²) in [5, 5.41) is 7.09. The Balaban J connectivity index is 1.41. The number of ether oxygens (including phenoxy) is 1. The number of amides is 1. The van der Waals surface area contributed by atoms with Crippen molar-refractivity contribution < 1.29 is 17.9 Å². The van der Waals surface area contributed by atoms with Crippen LogP contribution in [-0.4, -0.2) is 42.2 Å². The minimum absolute atomic E-state index is 0.155. The summed E-state index contributed by atoms with van der Waals surface area (Å²) >= 11 is 0. The predicted molar refractivity (Wildman–Crippen MR) is 108 cm³/mol. The van der Waals surface area contributed by atoms with Crippen LogP contribution in [0.15, 0.2) is 59.9 Å². The Morgan fingerprint density at radius 3 is 2.73 bits per heavy atom. The van der Waals surface area contributed by atoms with Crippen LogP contribution in [0.5, 0.6) is 5.75 Å². The Morgan fingerprint density at radius 2 is 2.03 bits per heavy atom. The number of carbonyl (C=O) groups excluding carboxylic acids is 1. The quantitative estimate of drug-likeness (QED) is 0.584. The molecule has 1 aromatic carbocycles. The van der Waals surface area contributed by atoms with Gasteiger partial charge in [-0.15, -0.1) is 0 Å². The molecule has 156 valence electrons. The van der Waals surface area contributed by atoms with Gasteiger partial charge in [0.05, 0.1) is 36.0 Å². The molecular formula is C20H21N5O4S. The molecule has 9 nitrogen and oxygen atoms in total. The number of fused-ring (bicyclic) bond motifs is 1. The lowest BCUT2D eigenvalue weighted by Gasteiger charge is -2.13. The number of rotatable bonds is 7. The SMILES string of the molecule is COc1ccc(S(=O)(=O)NC2Cc3c(C(=O)NCc4cccnc4)cnn3C2)cc1. The third kappa shape index (κ3) is 4.19. The summed E-state index contributed by atoms with van der Waals surface area (Å²) in [6.07, 6.45) is 5.25. The fourth-order valence-corrected chi connectivity index (χ4v) is 4.61. The van der Waals surface area contributed by atoms with Crippen molar-refractivity contribution in [1.82, 2.24) is 24.8 Å². The van der Waals surface area contributed by atoms with Crippen molar-refractivity contribution in [3.05, 3.63) is 71.8 Å². The van der Waals surface area contributed by atoms with Crippen molar-refractivity contribution >= 4 is 15.9 Å². The lowest BCUT2D eigenvalue weighted by Crippen LogP contribution is -2.36. The van der Waals surface area contributed by atoms with Gasteiger partial charge in [0.2, 0.25) is 10.0 Å². The number of aromatic nitrogens is 3. The second kappa shape index (κ2) is 8.25. The van der Waals surface area contributed by atoms with Crippen LogP contribution >= 0.6 is 0 Å². The summed E-state index contributed by atoms with van der Waals surface area (Å²) in [5.74, 6) is 0.329. The molecule has 2 aromatic heterocycles. The normalized spacial score (nSPS) is 15.6. The number of pyridine rings is 1. The van der Waals surface area contributed by atoms with E-state index in [-0.39, 0.29) is 16.8 Å². The fraction of sp³-hybridized carbons (Fsp3) is 0.250. The van der Waals surface area contributed by atoms with Crippen LogP contribution in [0.25, 0.3) is 0 Å². The van der Waals surface area contributed by atoms with E-state index in [0.717, 1.165) is 5.56 Å². The summed E-state index contributed by atoms with van der Waals surface area (Å²) < 4.78 is 34.8. The molecule has 2 N–H and O–H groups in total. The summed E-state index contributed by atoms with van der Waals surface area (Å²) in [7, 11) is -2.18. The molecule has 1 aliphatic heterocycles. The van der Waals surface area contributed by atoms with Gasteiger partial charge < -0.3 is 10.1 Å². The van der Waals surface area contributed by atoms with E-state index in [9.17, 15) is 13.2 Å². The van der Waals surface area contributed by atoms with E-state index in [0.29, 0.717) is 36.5 Å². The molecule has 0 fully saturated rings. The van der Waals surface area contributed by atoms with Crippen LogP contribution in [0.4, 0.5) is 0 Å². The van der Waals surface area contributed by atoms with Gasteiger partial charge in [-0.1, -0.05) is 6.07 Å². The van der Waals surface area contributed by atoms with Gasteiger partial charge in [-0.25, -0.2) is 13.1 Å². The molecule has 1 aliphatic rings. The summed E-state index contributed by atoms with van der Waals surface area (Å²) in [6, 6.07) is 9.47. The molecule has 0 saturated carbocycles. The lowest BCUT2D eigenvalue weighted by atomic mass is 10.1. The third-order valence-electron chi connectivity index (χ3n) is 4.89. The first-order valence-corrected chi connectivity index (χ1v) is 10.8. The van der Waals surface area contributed by atoms with E-state index in [4.69, 9.17) is 4.74 Å². The Labute approximate surface area is 174 Å². The average Bonchev–Trinajstić information content (AvgIpc) is 3.32. The predicted octanol–water partition coefficient (Wildman–Crippen LogP) is 1.12. The number of sulfonamides is 1. The van der Waals surface area contributed by atoms with Gasteiger partial charge in [0, 0.05) is 31.4 Å². The van der Waals surface area contributed by atoms with Crippen LogP contribution in [0, 0.1) is 0 Å².